The van der Waals surface area contributed by atoms with Crippen molar-refractivity contribution in [2.75, 3.05) is 6.54 Å². The minimum Gasteiger partial charge on any atom is -0.330 e. The van der Waals surface area contributed by atoms with Crippen molar-refractivity contribution in [2.24, 2.45) is 11.7 Å². The van der Waals surface area contributed by atoms with Gasteiger partial charge in [-0.05, 0) is 43.0 Å². The Morgan fingerprint density at radius 1 is 1.35 bits per heavy atom. The number of nitrogens with two attached hydrogens (primary N) is 1. The van der Waals surface area contributed by atoms with Gasteiger partial charge in [0.15, 0.2) is 0 Å². The van der Waals surface area contributed by atoms with Gasteiger partial charge in [-0.1, -0.05) is 37.4 Å². The molecule has 1 aromatic rings. The lowest BCUT2D eigenvalue weighted by atomic mass is 9.92. The first-order chi connectivity index (χ1) is 9.56. The maximum Gasteiger partial charge on any atom is 0.137 e. The lowest BCUT2D eigenvalue weighted by Crippen LogP contribution is -2.12. The van der Waals surface area contributed by atoms with Crippen molar-refractivity contribution in [1.29, 1.82) is 0 Å². The molecule has 0 radical (unpaired) electrons. The van der Waals surface area contributed by atoms with Gasteiger partial charge in [-0.15, -0.1) is 0 Å². The predicted octanol–water partition coefficient (Wildman–Crippen LogP) is 4.14. The summed E-state index contributed by atoms with van der Waals surface area (Å²) < 4.78 is 13.6. The molecule has 0 aliphatic heterocycles. The molecular formula is C16H23ClFNO. The molecule has 0 saturated carbocycles. The largest absolute Gasteiger partial charge is 0.330 e. The number of carbonyl (C=O) groups excluding carboxylic acids is 1. The summed E-state index contributed by atoms with van der Waals surface area (Å²) in [7, 11) is 0. The van der Waals surface area contributed by atoms with Crippen molar-refractivity contribution >= 4 is 17.4 Å². The van der Waals surface area contributed by atoms with Crippen LogP contribution >= 0.6 is 11.6 Å². The number of hydrogen-bond acceptors (Lipinski definition) is 2. The second-order valence-corrected chi connectivity index (χ2v) is 5.66. The van der Waals surface area contributed by atoms with Crippen LogP contribution in [0.1, 0.15) is 44.6 Å². The molecule has 0 aliphatic carbocycles. The summed E-state index contributed by atoms with van der Waals surface area (Å²) in [6.45, 7) is 2.79. The number of benzene rings is 1. The van der Waals surface area contributed by atoms with Crippen molar-refractivity contribution in [3.63, 3.8) is 0 Å². The zero-order chi connectivity index (χ0) is 15.0. The Morgan fingerprint density at radius 3 is 2.70 bits per heavy atom. The van der Waals surface area contributed by atoms with E-state index in [4.69, 9.17) is 17.3 Å². The standard InChI is InChI=1S/C16H23ClFNO/c1-2-3-12(8-9-19)4-7-15(20)10-13-5-6-14(17)11-16(13)18/h5-6,11-12H,2-4,7-10,19H2,1H3. The summed E-state index contributed by atoms with van der Waals surface area (Å²) in [5.41, 5.74) is 6.00. The molecule has 0 heterocycles. The van der Waals surface area contributed by atoms with E-state index in [-0.39, 0.29) is 12.2 Å². The molecule has 0 aromatic heterocycles. The Balaban J connectivity index is 2.46. The van der Waals surface area contributed by atoms with Crippen LogP contribution in [0.25, 0.3) is 0 Å². The molecule has 2 nitrogen and oxygen atoms in total. The first-order valence-corrected chi connectivity index (χ1v) is 7.60. The van der Waals surface area contributed by atoms with Crippen molar-refractivity contribution in [3.8, 4) is 0 Å². The van der Waals surface area contributed by atoms with E-state index in [0.717, 1.165) is 25.7 Å². The van der Waals surface area contributed by atoms with E-state index in [1.165, 1.54) is 6.07 Å². The van der Waals surface area contributed by atoms with E-state index < -0.39 is 5.82 Å². The molecule has 20 heavy (non-hydrogen) atoms. The Hall–Kier alpha value is -0.930. The molecule has 1 rings (SSSR count). The third-order valence-electron chi connectivity index (χ3n) is 3.51. The van der Waals surface area contributed by atoms with Crippen LogP contribution in [0.5, 0.6) is 0 Å². The van der Waals surface area contributed by atoms with Crippen LogP contribution < -0.4 is 5.73 Å². The molecular weight excluding hydrogens is 277 g/mol. The molecule has 1 aromatic carbocycles. The van der Waals surface area contributed by atoms with Crippen LogP contribution in [0.15, 0.2) is 18.2 Å². The minimum atomic E-state index is -0.405. The van der Waals surface area contributed by atoms with E-state index in [2.05, 4.69) is 6.92 Å². The number of halogens is 2. The molecule has 4 heteroatoms. The summed E-state index contributed by atoms with van der Waals surface area (Å²) >= 11 is 5.69. The summed E-state index contributed by atoms with van der Waals surface area (Å²) in [6.07, 6.45) is 4.64. The van der Waals surface area contributed by atoms with Gasteiger partial charge in [0, 0.05) is 17.9 Å². The fourth-order valence-electron chi connectivity index (χ4n) is 2.41. The lowest BCUT2D eigenvalue weighted by molar-refractivity contribution is -0.118. The van der Waals surface area contributed by atoms with Crippen LogP contribution in [-0.2, 0) is 11.2 Å². The molecule has 2 N–H and O–H groups in total. The number of carbonyl (C=O) groups is 1. The van der Waals surface area contributed by atoms with Gasteiger partial charge >= 0.3 is 0 Å². The Labute approximate surface area is 125 Å². The maximum atomic E-state index is 13.6. The topological polar surface area (TPSA) is 43.1 Å². The predicted molar refractivity (Wildman–Crippen MR) is 81.4 cm³/mol. The molecule has 0 amide bonds. The summed E-state index contributed by atoms with van der Waals surface area (Å²) in [5, 5.41) is 0.352. The normalized spacial score (nSPS) is 12.4. The lowest BCUT2D eigenvalue weighted by Gasteiger charge is -2.14. The zero-order valence-corrected chi connectivity index (χ0v) is 12.8. The van der Waals surface area contributed by atoms with Crippen LogP contribution in [0.4, 0.5) is 4.39 Å². The van der Waals surface area contributed by atoms with Gasteiger partial charge in [0.1, 0.15) is 11.6 Å². The summed E-state index contributed by atoms with van der Waals surface area (Å²) in [6, 6.07) is 4.44. The van der Waals surface area contributed by atoms with Crippen LogP contribution in [0.2, 0.25) is 5.02 Å². The van der Waals surface area contributed by atoms with Gasteiger partial charge in [0.2, 0.25) is 0 Å². The number of Topliss-reactive ketones (excluding diaryl/α,β-unsaturated/α-hetero) is 1. The molecule has 112 valence electrons. The second-order valence-electron chi connectivity index (χ2n) is 5.22. The third kappa shape index (κ3) is 6.02. The van der Waals surface area contributed by atoms with Crippen LogP contribution in [-0.4, -0.2) is 12.3 Å². The summed E-state index contributed by atoms with van der Waals surface area (Å²) in [5.74, 6) is 0.172. The zero-order valence-electron chi connectivity index (χ0n) is 12.0. The van der Waals surface area contributed by atoms with Gasteiger partial charge in [-0.3, -0.25) is 4.79 Å². The number of rotatable bonds is 9. The maximum absolute atomic E-state index is 13.6. The Kier molecular flexibility index (Phi) is 7.78. The van der Waals surface area contributed by atoms with Gasteiger partial charge in [-0.25, -0.2) is 4.39 Å². The average molecular weight is 300 g/mol. The van der Waals surface area contributed by atoms with Crippen LogP contribution in [0, 0.1) is 11.7 Å². The molecule has 0 spiro atoms. The average Bonchev–Trinajstić information content (AvgIpc) is 2.40. The van der Waals surface area contributed by atoms with Gasteiger partial charge < -0.3 is 5.73 Å². The second kappa shape index (κ2) is 9.09. The van der Waals surface area contributed by atoms with Crippen molar-refractivity contribution in [1.82, 2.24) is 0 Å². The van der Waals surface area contributed by atoms with Crippen molar-refractivity contribution in [2.45, 2.75) is 45.4 Å². The molecule has 0 fully saturated rings. The Morgan fingerprint density at radius 2 is 2.10 bits per heavy atom. The van der Waals surface area contributed by atoms with Crippen molar-refractivity contribution in [3.05, 3.63) is 34.6 Å². The number of hydrogen-bond donors (Lipinski definition) is 1. The smallest absolute Gasteiger partial charge is 0.137 e. The summed E-state index contributed by atoms with van der Waals surface area (Å²) in [4.78, 5) is 11.9. The fourth-order valence-corrected chi connectivity index (χ4v) is 2.57. The minimum absolute atomic E-state index is 0.0735. The van der Waals surface area contributed by atoms with E-state index in [0.29, 0.717) is 29.5 Å². The monoisotopic (exact) mass is 299 g/mol. The highest BCUT2D eigenvalue weighted by Crippen LogP contribution is 2.19. The van der Waals surface area contributed by atoms with E-state index in [9.17, 15) is 9.18 Å². The molecule has 0 saturated heterocycles. The molecule has 0 bridgehead atoms. The number of ketones is 1. The van der Waals surface area contributed by atoms with Gasteiger partial charge in [0.25, 0.3) is 0 Å². The molecule has 1 unspecified atom stereocenters. The van der Waals surface area contributed by atoms with Gasteiger partial charge in [-0.2, -0.15) is 0 Å². The quantitative estimate of drug-likeness (QED) is 0.745. The molecule has 0 aliphatic rings. The Bertz CT molecular complexity index is 430. The first-order valence-electron chi connectivity index (χ1n) is 7.22. The highest BCUT2D eigenvalue weighted by Gasteiger charge is 2.12. The van der Waals surface area contributed by atoms with E-state index >= 15 is 0 Å². The first kappa shape index (κ1) is 17.1. The van der Waals surface area contributed by atoms with Crippen LogP contribution in [0.3, 0.4) is 0 Å². The van der Waals surface area contributed by atoms with Crippen molar-refractivity contribution < 1.29 is 9.18 Å². The van der Waals surface area contributed by atoms with Gasteiger partial charge in [0.05, 0.1) is 0 Å². The third-order valence-corrected chi connectivity index (χ3v) is 3.74. The molecule has 1 atom stereocenters. The van der Waals surface area contributed by atoms with E-state index in [1.807, 2.05) is 0 Å². The highest BCUT2D eigenvalue weighted by atomic mass is 35.5. The highest BCUT2D eigenvalue weighted by molar-refractivity contribution is 6.30. The SMILES string of the molecule is CCCC(CCN)CCC(=O)Cc1ccc(Cl)cc1F. The van der Waals surface area contributed by atoms with E-state index in [1.54, 1.807) is 12.1 Å². The fraction of sp³-hybridized carbons (Fsp3) is 0.562.